The number of nitrogens with one attached hydrogen (secondary N) is 2. The lowest BCUT2D eigenvalue weighted by Gasteiger charge is -2.35. The molecule has 0 aromatic carbocycles. The SMILES string of the molecule is C[C@@H]1[C@H](C)CCC[C@@H]1NC(=O)[C@@H](C)Sc1ncn[nH]1. The maximum Gasteiger partial charge on any atom is 0.233 e. The Morgan fingerprint density at radius 2 is 2.32 bits per heavy atom. The maximum absolute atomic E-state index is 12.2. The lowest BCUT2D eigenvalue weighted by Crippen LogP contribution is -2.46. The highest BCUT2D eigenvalue weighted by Crippen LogP contribution is 2.30. The summed E-state index contributed by atoms with van der Waals surface area (Å²) in [5.41, 5.74) is 0. The minimum absolute atomic E-state index is 0.0901. The van der Waals surface area contributed by atoms with E-state index in [1.165, 1.54) is 30.9 Å². The third kappa shape index (κ3) is 3.72. The molecular formula is C13H22N4OS. The van der Waals surface area contributed by atoms with Crippen LogP contribution in [-0.4, -0.2) is 32.4 Å². The van der Waals surface area contributed by atoms with Gasteiger partial charge in [-0.1, -0.05) is 38.5 Å². The molecule has 1 aromatic heterocycles. The van der Waals surface area contributed by atoms with Crippen LogP contribution < -0.4 is 5.32 Å². The van der Waals surface area contributed by atoms with Crippen LogP contribution in [0.1, 0.15) is 40.0 Å². The number of nitrogens with zero attached hydrogens (tertiary/aromatic N) is 2. The summed E-state index contributed by atoms with van der Waals surface area (Å²) < 4.78 is 0. The van der Waals surface area contributed by atoms with Gasteiger partial charge in [-0.3, -0.25) is 9.89 Å². The summed E-state index contributed by atoms with van der Waals surface area (Å²) in [5.74, 6) is 1.34. The molecule has 2 rings (SSSR count). The number of H-pyrrole nitrogens is 1. The summed E-state index contributed by atoms with van der Waals surface area (Å²) in [4.78, 5) is 16.2. The van der Waals surface area contributed by atoms with Crippen LogP contribution in [-0.2, 0) is 4.79 Å². The summed E-state index contributed by atoms with van der Waals surface area (Å²) in [6.07, 6.45) is 5.03. The zero-order valence-corrected chi connectivity index (χ0v) is 12.5. The Labute approximate surface area is 118 Å². The first kappa shape index (κ1) is 14.4. The van der Waals surface area contributed by atoms with E-state index in [2.05, 4.69) is 34.3 Å². The Hall–Kier alpha value is -1.04. The number of thioether (sulfide) groups is 1. The van der Waals surface area contributed by atoms with Crippen molar-refractivity contribution in [3.8, 4) is 0 Å². The second-order valence-corrected chi connectivity index (χ2v) is 6.76. The Bertz CT molecular complexity index is 409. The molecule has 1 saturated carbocycles. The van der Waals surface area contributed by atoms with Crippen LogP contribution in [0.4, 0.5) is 0 Å². The van der Waals surface area contributed by atoms with E-state index in [9.17, 15) is 4.79 Å². The maximum atomic E-state index is 12.2. The highest BCUT2D eigenvalue weighted by atomic mass is 32.2. The summed E-state index contributed by atoms with van der Waals surface area (Å²) in [6.45, 7) is 6.41. The normalized spacial score (nSPS) is 28.9. The Morgan fingerprint density at radius 3 is 3.00 bits per heavy atom. The summed E-state index contributed by atoms with van der Waals surface area (Å²) >= 11 is 1.41. The van der Waals surface area contributed by atoms with Gasteiger partial charge in [0.25, 0.3) is 0 Å². The molecule has 19 heavy (non-hydrogen) atoms. The first-order valence-electron chi connectivity index (χ1n) is 6.90. The summed E-state index contributed by atoms with van der Waals surface area (Å²) in [6, 6.07) is 0.314. The second-order valence-electron chi connectivity index (χ2n) is 5.43. The van der Waals surface area contributed by atoms with Gasteiger partial charge >= 0.3 is 0 Å². The van der Waals surface area contributed by atoms with Crippen LogP contribution in [0.5, 0.6) is 0 Å². The van der Waals surface area contributed by atoms with Crippen LogP contribution in [0, 0.1) is 11.8 Å². The van der Waals surface area contributed by atoms with Crippen molar-refractivity contribution >= 4 is 17.7 Å². The van der Waals surface area contributed by atoms with Gasteiger partial charge in [0.15, 0.2) is 5.16 Å². The number of amides is 1. The molecule has 1 amide bonds. The van der Waals surface area contributed by atoms with E-state index in [1.807, 2.05) is 6.92 Å². The third-order valence-electron chi connectivity index (χ3n) is 4.09. The first-order chi connectivity index (χ1) is 9.08. The second kappa shape index (κ2) is 6.41. The lowest BCUT2D eigenvalue weighted by molar-refractivity contribution is -0.121. The Morgan fingerprint density at radius 1 is 1.53 bits per heavy atom. The molecule has 1 aliphatic rings. The molecule has 1 fully saturated rings. The Balaban J connectivity index is 1.86. The van der Waals surface area contributed by atoms with E-state index in [0.29, 0.717) is 23.0 Å². The van der Waals surface area contributed by atoms with E-state index < -0.39 is 0 Å². The fraction of sp³-hybridized carbons (Fsp3) is 0.769. The number of carbonyl (C=O) groups is 1. The molecule has 4 atom stereocenters. The molecule has 6 heteroatoms. The molecule has 1 aliphatic carbocycles. The van der Waals surface area contributed by atoms with Gasteiger partial charge in [-0.05, 0) is 25.2 Å². The van der Waals surface area contributed by atoms with Crippen LogP contribution in [0.15, 0.2) is 11.5 Å². The van der Waals surface area contributed by atoms with E-state index in [1.54, 1.807) is 0 Å². The average molecular weight is 282 g/mol. The minimum Gasteiger partial charge on any atom is -0.352 e. The van der Waals surface area contributed by atoms with Crippen molar-refractivity contribution in [2.45, 2.75) is 56.5 Å². The highest BCUT2D eigenvalue weighted by Gasteiger charge is 2.29. The lowest BCUT2D eigenvalue weighted by atomic mass is 9.78. The van der Waals surface area contributed by atoms with Gasteiger partial charge in [-0.2, -0.15) is 5.10 Å². The summed E-state index contributed by atoms with van der Waals surface area (Å²) in [7, 11) is 0. The summed E-state index contributed by atoms with van der Waals surface area (Å²) in [5, 5.41) is 10.3. The van der Waals surface area contributed by atoms with Crippen molar-refractivity contribution in [2.75, 3.05) is 0 Å². The van der Waals surface area contributed by atoms with Gasteiger partial charge in [0.1, 0.15) is 6.33 Å². The third-order valence-corrected chi connectivity index (χ3v) is 5.07. The molecule has 0 bridgehead atoms. The highest BCUT2D eigenvalue weighted by molar-refractivity contribution is 8.00. The van der Waals surface area contributed by atoms with E-state index in [4.69, 9.17) is 0 Å². The number of aromatic nitrogens is 3. The number of carbonyl (C=O) groups excluding carboxylic acids is 1. The molecule has 106 valence electrons. The fourth-order valence-corrected chi connectivity index (χ4v) is 3.28. The number of hydrogen-bond acceptors (Lipinski definition) is 4. The monoisotopic (exact) mass is 282 g/mol. The van der Waals surface area contributed by atoms with E-state index >= 15 is 0 Å². The molecule has 0 unspecified atom stereocenters. The van der Waals surface area contributed by atoms with Gasteiger partial charge in [0.05, 0.1) is 5.25 Å². The van der Waals surface area contributed by atoms with Gasteiger partial charge in [-0.15, -0.1) is 0 Å². The fourth-order valence-electron chi connectivity index (χ4n) is 2.56. The quantitative estimate of drug-likeness (QED) is 0.831. The van der Waals surface area contributed by atoms with Crippen molar-refractivity contribution in [1.82, 2.24) is 20.5 Å². The van der Waals surface area contributed by atoms with Crippen molar-refractivity contribution in [1.29, 1.82) is 0 Å². The smallest absolute Gasteiger partial charge is 0.233 e. The molecule has 2 N–H and O–H groups in total. The van der Waals surface area contributed by atoms with Crippen LogP contribution in [0.2, 0.25) is 0 Å². The molecule has 1 aromatic rings. The predicted molar refractivity (Wildman–Crippen MR) is 75.8 cm³/mol. The minimum atomic E-state index is -0.155. The molecule has 0 saturated heterocycles. The van der Waals surface area contributed by atoms with Gasteiger partial charge in [0.2, 0.25) is 5.91 Å². The zero-order valence-electron chi connectivity index (χ0n) is 11.7. The first-order valence-corrected chi connectivity index (χ1v) is 7.78. The van der Waals surface area contributed by atoms with Gasteiger partial charge < -0.3 is 5.32 Å². The van der Waals surface area contributed by atoms with Gasteiger partial charge in [0, 0.05) is 6.04 Å². The zero-order chi connectivity index (χ0) is 13.8. The Kier molecular flexibility index (Phi) is 4.85. The van der Waals surface area contributed by atoms with Crippen molar-refractivity contribution in [3.63, 3.8) is 0 Å². The predicted octanol–water partition coefficient (Wildman–Crippen LogP) is 2.23. The van der Waals surface area contributed by atoms with Crippen molar-refractivity contribution < 1.29 is 4.79 Å². The number of aromatic amines is 1. The molecular weight excluding hydrogens is 260 g/mol. The number of rotatable bonds is 4. The molecule has 5 nitrogen and oxygen atoms in total. The average Bonchev–Trinajstić information content (AvgIpc) is 2.87. The van der Waals surface area contributed by atoms with Crippen molar-refractivity contribution in [2.24, 2.45) is 11.8 Å². The molecule has 1 heterocycles. The molecule has 0 radical (unpaired) electrons. The van der Waals surface area contributed by atoms with E-state index in [0.717, 1.165) is 6.42 Å². The van der Waals surface area contributed by atoms with Crippen LogP contribution >= 0.6 is 11.8 Å². The largest absolute Gasteiger partial charge is 0.352 e. The van der Waals surface area contributed by atoms with E-state index in [-0.39, 0.29) is 11.2 Å². The van der Waals surface area contributed by atoms with Gasteiger partial charge in [-0.25, -0.2) is 4.98 Å². The van der Waals surface area contributed by atoms with Crippen molar-refractivity contribution in [3.05, 3.63) is 6.33 Å². The van der Waals surface area contributed by atoms with Crippen LogP contribution in [0.3, 0.4) is 0 Å². The topological polar surface area (TPSA) is 70.7 Å². The standard InChI is InChI=1S/C13H22N4OS/c1-8-5-4-6-11(9(8)2)16-12(18)10(3)19-13-14-7-15-17-13/h7-11H,4-6H2,1-3H3,(H,16,18)(H,14,15,17)/t8-,9-,10-,11+/m1/s1. The molecule has 0 spiro atoms. The number of hydrogen-bond donors (Lipinski definition) is 2. The van der Waals surface area contributed by atoms with Crippen LogP contribution in [0.25, 0.3) is 0 Å². The molecule has 0 aliphatic heterocycles.